The zero-order valence-corrected chi connectivity index (χ0v) is 5.84. The molecule has 0 radical (unpaired) electrons. The third kappa shape index (κ3) is 5.30. The quantitative estimate of drug-likeness (QED) is 0.462. The monoisotopic (exact) mass is 130 g/mol. The molecule has 9 heavy (non-hydrogen) atoms. The minimum Gasteiger partial charge on any atom is -0.372 e. The highest BCUT2D eigenvalue weighted by atomic mass is 16.1. The molecule has 0 atom stereocenters. The lowest BCUT2D eigenvalue weighted by Gasteiger charge is -2.01. The summed E-state index contributed by atoms with van der Waals surface area (Å²) in [5.41, 5.74) is 4.17. The smallest absolute Gasteiger partial charge is 0.204 e. The first-order chi connectivity index (χ1) is 4.31. The Labute approximate surface area is 55.8 Å². The summed E-state index contributed by atoms with van der Waals surface area (Å²) in [4.78, 5) is 10.9. The normalized spacial score (nSPS) is 18.3. The minimum atomic E-state index is 0.250. The van der Waals surface area contributed by atoms with E-state index in [4.69, 9.17) is 4.79 Å². The van der Waals surface area contributed by atoms with Crippen LogP contribution in [-0.4, -0.2) is 31.4 Å². The molecule has 0 spiro atoms. The zero-order valence-electron chi connectivity index (χ0n) is 5.84. The lowest BCUT2D eigenvalue weighted by Crippen LogP contribution is -2.10. The van der Waals surface area contributed by atoms with Crippen LogP contribution in [0.15, 0.2) is 0 Å². The summed E-state index contributed by atoms with van der Waals surface area (Å²) >= 11 is 0. The first kappa shape index (κ1) is 8.43. The highest BCUT2D eigenvalue weighted by Gasteiger charge is 2.03. The summed E-state index contributed by atoms with van der Waals surface area (Å²) in [6, 6.07) is 0. The molecule has 1 aliphatic heterocycles. The molecule has 1 amide bonds. The second kappa shape index (κ2) is 5.56. The van der Waals surface area contributed by atoms with Gasteiger partial charge in [0.15, 0.2) is 0 Å². The fraction of sp³-hybridized carbons (Fsp3) is 0.833. The molecule has 3 nitrogen and oxygen atoms in total. The van der Waals surface area contributed by atoms with Gasteiger partial charge in [0.2, 0.25) is 6.41 Å². The number of amides is 1. The van der Waals surface area contributed by atoms with Gasteiger partial charge in [-0.15, -0.1) is 0 Å². The summed E-state index contributed by atoms with van der Waals surface area (Å²) in [5.74, 6) is 0. The van der Waals surface area contributed by atoms with Crippen LogP contribution in [0.1, 0.15) is 12.8 Å². The Morgan fingerprint density at radius 2 is 1.78 bits per heavy atom. The van der Waals surface area contributed by atoms with E-state index in [9.17, 15) is 0 Å². The molecule has 3 heteroatoms. The maximum Gasteiger partial charge on any atom is 0.204 e. The van der Waals surface area contributed by atoms with Crippen LogP contribution >= 0.6 is 0 Å². The summed E-state index contributed by atoms with van der Waals surface area (Å²) < 4.78 is 0. The Kier molecular flexibility index (Phi) is 5.21. The van der Waals surface area contributed by atoms with Crippen LogP contribution in [0.2, 0.25) is 0 Å². The summed E-state index contributed by atoms with van der Waals surface area (Å²) in [6.45, 7) is 2.64. The second-order valence-corrected chi connectivity index (χ2v) is 2.15. The van der Waals surface area contributed by atoms with Crippen molar-refractivity contribution in [2.24, 2.45) is 5.73 Å². The van der Waals surface area contributed by atoms with E-state index < -0.39 is 0 Å². The number of primary amides is 1. The van der Waals surface area contributed by atoms with Crippen molar-refractivity contribution in [1.82, 2.24) is 4.90 Å². The van der Waals surface area contributed by atoms with Gasteiger partial charge in [0.25, 0.3) is 0 Å². The Bertz CT molecular complexity index is 69.5. The van der Waals surface area contributed by atoms with Crippen LogP contribution in [0.5, 0.6) is 0 Å². The van der Waals surface area contributed by atoms with Gasteiger partial charge in [-0.3, -0.25) is 4.79 Å². The van der Waals surface area contributed by atoms with Gasteiger partial charge in [0.05, 0.1) is 0 Å². The number of carbonyl (C=O) groups is 1. The van der Waals surface area contributed by atoms with E-state index in [1.165, 1.54) is 25.9 Å². The highest BCUT2D eigenvalue weighted by molar-refractivity contribution is 5.42. The van der Waals surface area contributed by atoms with E-state index in [0.717, 1.165) is 0 Å². The molecule has 1 aliphatic rings. The topological polar surface area (TPSA) is 46.3 Å². The molecule has 0 aromatic heterocycles. The molecule has 0 unspecified atom stereocenters. The van der Waals surface area contributed by atoms with Crippen molar-refractivity contribution in [3.05, 3.63) is 0 Å². The fourth-order valence-corrected chi connectivity index (χ4v) is 0.875. The predicted octanol–water partition coefficient (Wildman–Crippen LogP) is -0.187. The standard InChI is InChI=1S/C5H11N.CH3NO/c1-6-4-2-3-5-6;2-1-3/h2-5H2,1H3;1H,(H2,2,3). The number of nitrogens with two attached hydrogens (primary N) is 1. The molecule has 0 aromatic carbocycles. The molecule has 0 aliphatic carbocycles. The van der Waals surface area contributed by atoms with Crippen molar-refractivity contribution in [2.45, 2.75) is 12.8 Å². The molecule has 0 saturated carbocycles. The molecule has 0 aromatic rings. The van der Waals surface area contributed by atoms with Crippen molar-refractivity contribution in [3.8, 4) is 0 Å². The van der Waals surface area contributed by atoms with Crippen LogP contribution in [0, 0.1) is 0 Å². The van der Waals surface area contributed by atoms with E-state index in [1.807, 2.05) is 0 Å². The highest BCUT2D eigenvalue weighted by Crippen LogP contribution is 2.01. The van der Waals surface area contributed by atoms with Gasteiger partial charge in [-0.2, -0.15) is 0 Å². The number of nitrogens with zero attached hydrogens (tertiary/aromatic N) is 1. The number of likely N-dealkylation sites (tertiary alicyclic amines) is 1. The maximum atomic E-state index is 8.58. The number of rotatable bonds is 0. The molecule has 2 N–H and O–H groups in total. The summed E-state index contributed by atoms with van der Waals surface area (Å²) in [5, 5.41) is 0. The predicted molar refractivity (Wildman–Crippen MR) is 37.0 cm³/mol. The molecular weight excluding hydrogens is 116 g/mol. The number of hydrogen-bond donors (Lipinski definition) is 1. The first-order valence-electron chi connectivity index (χ1n) is 3.15. The van der Waals surface area contributed by atoms with E-state index in [0.29, 0.717) is 0 Å². The molecule has 1 rings (SSSR count). The molecular formula is C6H14N2O. The maximum absolute atomic E-state index is 8.58. The zero-order chi connectivity index (χ0) is 7.11. The van der Waals surface area contributed by atoms with Crippen molar-refractivity contribution in [2.75, 3.05) is 20.1 Å². The van der Waals surface area contributed by atoms with Gasteiger partial charge in [-0.05, 0) is 33.0 Å². The van der Waals surface area contributed by atoms with Gasteiger partial charge < -0.3 is 10.6 Å². The van der Waals surface area contributed by atoms with Crippen LogP contribution in [-0.2, 0) is 4.79 Å². The third-order valence-electron chi connectivity index (χ3n) is 1.33. The van der Waals surface area contributed by atoms with E-state index >= 15 is 0 Å². The van der Waals surface area contributed by atoms with Crippen LogP contribution in [0.3, 0.4) is 0 Å². The van der Waals surface area contributed by atoms with Crippen molar-refractivity contribution >= 4 is 6.41 Å². The van der Waals surface area contributed by atoms with Crippen molar-refractivity contribution in [3.63, 3.8) is 0 Å². The van der Waals surface area contributed by atoms with Gasteiger partial charge in [-0.25, -0.2) is 0 Å². The third-order valence-corrected chi connectivity index (χ3v) is 1.33. The Hall–Kier alpha value is -0.570. The fourth-order valence-electron chi connectivity index (χ4n) is 0.875. The largest absolute Gasteiger partial charge is 0.372 e. The van der Waals surface area contributed by atoms with Gasteiger partial charge in [0, 0.05) is 0 Å². The molecule has 1 fully saturated rings. The van der Waals surface area contributed by atoms with Gasteiger partial charge in [-0.1, -0.05) is 0 Å². The lowest BCUT2D eigenvalue weighted by atomic mass is 10.4. The first-order valence-corrected chi connectivity index (χ1v) is 3.15. The van der Waals surface area contributed by atoms with Crippen LogP contribution < -0.4 is 5.73 Å². The lowest BCUT2D eigenvalue weighted by molar-refractivity contribution is -0.106. The Balaban J connectivity index is 0.000000187. The Morgan fingerprint density at radius 1 is 1.44 bits per heavy atom. The number of hydrogen-bond acceptors (Lipinski definition) is 2. The SMILES string of the molecule is CN1CCCC1.NC=O. The Morgan fingerprint density at radius 3 is 1.89 bits per heavy atom. The second-order valence-electron chi connectivity index (χ2n) is 2.15. The average Bonchev–Trinajstić information content (AvgIpc) is 2.20. The van der Waals surface area contributed by atoms with Crippen LogP contribution in [0.25, 0.3) is 0 Å². The molecule has 1 heterocycles. The molecule has 54 valence electrons. The van der Waals surface area contributed by atoms with E-state index in [2.05, 4.69) is 17.7 Å². The molecule has 1 saturated heterocycles. The van der Waals surface area contributed by atoms with Crippen molar-refractivity contribution < 1.29 is 4.79 Å². The molecule has 0 bridgehead atoms. The summed E-state index contributed by atoms with van der Waals surface area (Å²) in [6.07, 6.45) is 3.08. The van der Waals surface area contributed by atoms with E-state index in [-0.39, 0.29) is 6.41 Å². The average molecular weight is 130 g/mol. The van der Waals surface area contributed by atoms with Gasteiger partial charge in [0.1, 0.15) is 0 Å². The summed E-state index contributed by atoms with van der Waals surface area (Å²) in [7, 11) is 2.17. The van der Waals surface area contributed by atoms with Crippen molar-refractivity contribution in [1.29, 1.82) is 0 Å². The van der Waals surface area contributed by atoms with Gasteiger partial charge >= 0.3 is 0 Å². The number of carbonyl (C=O) groups excluding carboxylic acids is 1. The van der Waals surface area contributed by atoms with E-state index in [1.54, 1.807) is 0 Å². The minimum absolute atomic E-state index is 0.250. The van der Waals surface area contributed by atoms with Crippen LogP contribution in [0.4, 0.5) is 0 Å².